The lowest BCUT2D eigenvalue weighted by atomic mass is 10.1. The van der Waals surface area contributed by atoms with Crippen LogP contribution in [0.3, 0.4) is 0 Å². The van der Waals surface area contributed by atoms with Crippen LogP contribution in [0.15, 0.2) is 60.7 Å². The first-order valence-corrected chi connectivity index (χ1v) is 9.74. The summed E-state index contributed by atoms with van der Waals surface area (Å²) < 4.78 is 5.46. The van der Waals surface area contributed by atoms with Crippen LogP contribution in [0.1, 0.15) is 11.1 Å². The number of hydrogen-bond acceptors (Lipinski definition) is 5. The summed E-state index contributed by atoms with van der Waals surface area (Å²) in [6.07, 6.45) is 4.48. The maximum absolute atomic E-state index is 9.10. The monoisotopic (exact) mass is 412 g/mol. The summed E-state index contributed by atoms with van der Waals surface area (Å²) in [4.78, 5) is 23.2. The Balaban J connectivity index is 0.000000469. The minimum atomic E-state index is -1.82. The van der Waals surface area contributed by atoms with E-state index in [2.05, 4.69) is 64.4 Å². The van der Waals surface area contributed by atoms with Crippen molar-refractivity contribution in [1.82, 2.24) is 9.80 Å². The first kappa shape index (κ1) is 23.1. The molecule has 0 atom stereocenters. The quantitative estimate of drug-likeness (QED) is 0.705. The Morgan fingerprint density at radius 1 is 0.900 bits per heavy atom. The summed E-state index contributed by atoms with van der Waals surface area (Å²) in [5.41, 5.74) is 2.55. The number of hydrogen-bond donors (Lipinski definition) is 2. The molecule has 30 heavy (non-hydrogen) atoms. The number of rotatable bonds is 6. The van der Waals surface area contributed by atoms with Gasteiger partial charge in [-0.2, -0.15) is 0 Å². The van der Waals surface area contributed by atoms with Crippen LogP contribution in [0, 0.1) is 0 Å². The van der Waals surface area contributed by atoms with Gasteiger partial charge in [-0.15, -0.1) is 0 Å². The van der Waals surface area contributed by atoms with Gasteiger partial charge in [0, 0.05) is 44.8 Å². The molecule has 7 nitrogen and oxygen atoms in total. The summed E-state index contributed by atoms with van der Waals surface area (Å²) in [5, 5.41) is 14.8. The van der Waals surface area contributed by atoms with E-state index < -0.39 is 11.9 Å². The molecule has 0 amide bonds. The fraction of sp³-hybridized carbons (Fsp3) is 0.304. The minimum absolute atomic E-state index is 0.970. The second-order valence-electron chi connectivity index (χ2n) is 6.81. The zero-order valence-corrected chi connectivity index (χ0v) is 17.1. The predicted molar refractivity (Wildman–Crippen MR) is 115 cm³/mol. The van der Waals surface area contributed by atoms with Crippen molar-refractivity contribution >= 4 is 18.0 Å². The smallest absolute Gasteiger partial charge is 0.414 e. The molecule has 1 aliphatic rings. The van der Waals surface area contributed by atoms with Crippen LogP contribution < -0.4 is 4.74 Å². The number of methoxy groups -OCH3 is 1. The molecule has 2 N–H and O–H groups in total. The molecule has 160 valence electrons. The van der Waals surface area contributed by atoms with Gasteiger partial charge in [0.2, 0.25) is 0 Å². The Morgan fingerprint density at radius 2 is 1.47 bits per heavy atom. The number of carbonyl (C=O) groups is 2. The van der Waals surface area contributed by atoms with E-state index in [0.717, 1.165) is 45.0 Å². The zero-order valence-electron chi connectivity index (χ0n) is 17.1. The Morgan fingerprint density at radius 3 is 2.07 bits per heavy atom. The van der Waals surface area contributed by atoms with E-state index in [4.69, 9.17) is 24.5 Å². The third-order valence-corrected chi connectivity index (χ3v) is 4.71. The number of piperazine rings is 1. The van der Waals surface area contributed by atoms with E-state index in [1.165, 1.54) is 11.1 Å². The summed E-state index contributed by atoms with van der Waals surface area (Å²) in [6, 6.07) is 18.8. The van der Waals surface area contributed by atoms with Crippen molar-refractivity contribution in [3.05, 3.63) is 71.8 Å². The molecule has 0 aromatic heterocycles. The van der Waals surface area contributed by atoms with Crippen LogP contribution in [-0.2, 0) is 16.1 Å². The molecule has 1 heterocycles. The normalized spacial score (nSPS) is 14.7. The summed E-state index contributed by atoms with van der Waals surface area (Å²) in [6.45, 7) is 6.45. The largest absolute Gasteiger partial charge is 0.496 e. The fourth-order valence-corrected chi connectivity index (χ4v) is 3.11. The lowest BCUT2D eigenvalue weighted by Gasteiger charge is -2.34. The third kappa shape index (κ3) is 8.06. The molecular weight excluding hydrogens is 384 g/mol. The van der Waals surface area contributed by atoms with Gasteiger partial charge in [-0.05, 0) is 11.6 Å². The lowest BCUT2D eigenvalue weighted by Crippen LogP contribution is -2.45. The van der Waals surface area contributed by atoms with E-state index in [0.29, 0.717) is 0 Å². The zero-order chi connectivity index (χ0) is 21.8. The molecule has 3 rings (SSSR count). The van der Waals surface area contributed by atoms with Crippen molar-refractivity contribution in [1.29, 1.82) is 0 Å². The Labute approximate surface area is 176 Å². The Bertz CT molecular complexity index is 818. The number of carboxylic acids is 2. The minimum Gasteiger partial charge on any atom is -0.496 e. The molecule has 0 bridgehead atoms. The number of ether oxygens (including phenoxy) is 1. The number of nitrogens with zero attached hydrogens (tertiary/aromatic N) is 2. The van der Waals surface area contributed by atoms with Gasteiger partial charge < -0.3 is 14.9 Å². The Kier molecular flexibility index (Phi) is 9.57. The van der Waals surface area contributed by atoms with E-state index in [1.54, 1.807) is 7.11 Å². The first-order valence-electron chi connectivity index (χ1n) is 9.74. The van der Waals surface area contributed by atoms with Crippen LogP contribution in [0.25, 0.3) is 6.08 Å². The van der Waals surface area contributed by atoms with Crippen molar-refractivity contribution in [2.75, 3.05) is 39.8 Å². The van der Waals surface area contributed by atoms with Gasteiger partial charge in [0.25, 0.3) is 0 Å². The molecule has 0 spiro atoms. The van der Waals surface area contributed by atoms with Crippen molar-refractivity contribution in [2.24, 2.45) is 0 Å². The van der Waals surface area contributed by atoms with Gasteiger partial charge in [-0.25, -0.2) is 9.59 Å². The lowest BCUT2D eigenvalue weighted by molar-refractivity contribution is -0.159. The highest BCUT2D eigenvalue weighted by atomic mass is 16.5. The standard InChI is InChI=1S/C21H26N2O.C2H2O4/c1-24-21-12-6-5-11-20(21)18-23-16-14-22(15-17-23)13-7-10-19-8-3-2-4-9-19;3-1(4)2(5)6/h2-12H,13-18H2,1H3;(H,3,4)(H,5,6). The average molecular weight is 412 g/mol. The van der Waals surface area contributed by atoms with Gasteiger partial charge in [-0.1, -0.05) is 60.7 Å². The van der Waals surface area contributed by atoms with Crippen molar-refractivity contribution in [3.8, 4) is 5.75 Å². The highest BCUT2D eigenvalue weighted by molar-refractivity contribution is 6.27. The summed E-state index contributed by atoms with van der Waals surface area (Å²) in [5.74, 6) is -2.66. The average Bonchev–Trinajstić information content (AvgIpc) is 2.76. The number of benzene rings is 2. The molecule has 2 aromatic rings. The van der Waals surface area contributed by atoms with Gasteiger partial charge >= 0.3 is 11.9 Å². The molecule has 1 aliphatic heterocycles. The molecule has 0 unspecified atom stereocenters. The van der Waals surface area contributed by atoms with Crippen molar-refractivity contribution in [2.45, 2.75) is 6.54 Å². The van der Waals surface area contributed by atoms with Gasteiger partial charge in [0.1, 0.15) is 5.75 Å². The number of para-hydroxylation sites is 1. The molecule has 2 aromatic carbocycles. The SMILES string of the molecule is COc1ccccc1CN1CCN(CC=Cc2ccccc2)CC1.O=C(O)C(=O)O. The number of aliphatic carboxylic acids is 2. The van der Waals surface area contributed by atoms with Crippen LogP contribution >= 0.6 is 0 Å². The van der Waals surface area contributed by atoms with E-state index in [-0.39, 0.29) is 0 Å². The molecule has 7 heteroatoms. The predicted octanol–water partition coefficient (Wildman–Crippen LogP) is 2.68. The van der Waals surface area contributed by atoms with Gasteiger partial charge in [0.05, 0.1) is 7.11 Å². The first-order chi connectivity index (χ1) is 14.5. The van der Waals surface area contributed by atoms with Crippen LogP contribution in [0.4, 0.5) is 0 Å². The fourth-order valence-electron chi connectivity index (χ4n) is 3.11. The maximum Gasteiger partial charge on any atom is 0.414 e. The van der Waals surface area contributed by atoms with E-state index >= 15 is 0 Å². The molecule has 0 aliphatic carbocycles. The second-order valence-corrected chi connectivity index (χ2v) is 6.81. The van der Waals surface area contributed by atoms with E-state index in [1.807, 2.05) is 12.1 Å². The van der Waals surface area contributed by atoms with Crippen LogP contribution in [-0.4, -0.2) is 71.8 Å². The molecule has 1 fully saturated rings. The molecule has 0 radical (unpaired) electrons. The topological polar surface area (TPSA) is 90.3 Å². The van der Waals surface area contributed by atoms with Gasteiger partial charge in [0.15, 0.2) is 0 Å². The van der Waals surface area contributed by atoms with Crippen molar-refractivity contribution in [3.63, 3.8) is 0 Å². The Hall–Kier alpha value is -3.16. The van der Waals surface area contributed by atoms with Crippen LogP contribution in [0.5, 0.6) is 5.75 Å². The molecule has 1 saturated heterocycles. The highest BCUT2D eigenvalue weighted by Gasteiger charge is 2.17. The van der Waals surface area contributed by atoms with Crippen molar-refractivity contribution < 1.29 is 24.5 Å². The number of carboxylic acid groups (broad SMARTS) is 2. The highest BCUT2D eigenvalue weighted by Crippen LogP contribution is 2.19. The van der Waals surface area contributed by atoms with E-state index in [9.17, 15) is 0 Å². The second kappa shape index (κ2) is 12.4. The third-order valence-electron chi connectivity index (χ3n) is 4.71. The van der Waals surface area contributed by atoms with Gasteiger partial charge in [-0.3, -0.25) is 9.80 Å². The molecule has 0 saturated carbocycles. The van der Waals surface area contributed by atoms with Crippen LogP contribution in [0.2, 0.25) is 0 Å². The maximum atomic E-state index is 9.10. The summed E-state index contributed by atoms with van der Waals surface area (Å²) >= 11 is 0. The molecular formula is C23H28N2O5. The summed E-state index contributed by atoms with van der Waals surface area (Å²) in [7, 11) is 1.75.